The number of sulfone groups is 1. The Hall–Kier alpha value is -0.990. The molecule has 122 valence electrons. The molecule has 1 amide bonds. The second-order valence-corrected chi connectivity index (χ2v) is 8.32. The fourth-order valence-corrected chi connectivity index (χ4v) is 3.94. The predicted octanol–water partition coefficient (Wildman–Crippen LogP) is 1.82. The van der Waals surface area contributed by atoms with Gasteiger partial charge in [0.1, 0.15) is 4.90 Å². The maximum Gasteiger partial charge on any atom is 0.256 e. The Balaban J connectivity index is 2.40. The Bertz CT molecular complexity index is 694. The van der Waals surface area contributed by atoms with Crippen molar-refractivity contribution in [2.45, 2.75) is 23.8 Å². The van der Waals surface area contributed by atoms with Crippen molar-refractivity contribution in [1.82, 2.24) is 10.2 Å². The van der Waals surface area contributed by atoms with E-state index in [1.165, 1.54) is 12.1 Å². The molecule has 1 unspecified atom stereocenters. The summed E-state index contributed by atoms with van der Waals surface area (Å²) in [6, 6.07) is 2.67. The maximum atomic E-state index is 14.5. The van der Waals surface area contributed by atoms with Crippen LogP contribution in [0.3, 0.4) is 0 Å². The van der Waals surface area contributed by atoms with Gasteiger partial charge < -0.3 is 10.2 Å². The first-order valence-corrected chi connectivity index (χ1v) is 9.58. The zero-order valence-corrected chi connectivity index (χ0v) is 14.8. The number of halogens is 2. The molecule has 2 rings (SSSR count). The average Bonchev–Trinajstić information content (AvgIpc) is 2.47. The van der Waals surface area contributed by atoms with Gasteiger partial charge in [0.05, 0.1) is 5.56 Å². The van der Waals surface area contributed by atoms with Crippen LogP contribution < -0.4 is 5.32 Å². The first kappa shape index (κ1) is 17.4. The minimum absolute atomic E-state index is 0.169. The quantitative estimate of drug-likeness (QED) is 0.851. The molecule has 1 heterocycles. The van der Waals surface area contributed by atoms with Crippen molar-refractivity contribution in [2.24, 2.45) is 0 Å². The van der Waals surface area contributed by atoms with E-state index >= 15 is 0 Å². The molecule has 0 radical (unpaired) electrons. The third kappa shape index (κ3) is 3.67. The number of likely N-dealkylation sites (tertiary alicyclic amines) is 1. The van der Waals surface area contributed by atoms with Gasteiger partial charge in [0.25, 0.3) is 5.91 Å². The Morgan fingerprint density at radius 2 is 2.14 bits per heavy atom. The monoisotopic (exact) mass is 392 g/mol. The number of hydrogen-bond donors (Lipinski definition) is 1. The summed E-state index contributed by atoms with van der Waals surface area (Å²) in [6.45, 7) is 1.02. The minimum atomic E-state index is -3.75. The lowest BCUT2D eigenvalue weighted by atomic mass is 10.0. The van der Waals surface area contributed by atoms with Crippen LogP contribution >= 0.6 is 15.9 Å². The SMILES string of the molecule is CNC1CCCN(C(=O)c2cc(Br)cc(S(C)(=O)=O)c2F)C1. The lowest BCUT2D eigenvalue weighted by Gasteiger charge is -2.32. The van der Waals surface area contributed by atoms with Crippen molar-refractivity contribution in [2.75, 3.05) is 26.4 Å². The molecule has 1 atom stereocenters. The average molecular weight is 393 g/mol. The number of hydrogen-bond acceptors (Lipinski definition) is 4. The fraction of sp³-hybridized carbons (Fsp3) is 0.500. The smallest absolute Gasteiger partial charge is 0.256 e. The van der Waals surface area contributed by atoms with Gasteiger partial charge in [-0.2, -0.15) is 0 Å². The van der Waals surface area contributed by atoms with Gasteiger partial charge in [-0.15, -0.1) is 0 Å². The molecular weight excluding hydrogens is 375 g/mol. The Kier molecular flexibility index (Phi) is 5.24. The van der Waals surface area contributed by atoms with Crippen LogP contribution in [-0.4, -0.2) is 51.7 Å². The number of benzene rings is 1. The van der Waals surface area contributed by atoms with E-state index in [-0.39, 0.29) is 11.6 Å². The molecule has 1 fully saturated rings. The van der Waals surface area contributed by atoms with Crippen LogP contribution in [0.1, 0.15) is 23.2 Å². The van der Waals surface area contributed by atoms with Crippen molar-refractivity contribution in [3.63, 3.8) is 0 Å². The van der Waals surface area contributed by atoms with E-state index in [4.69, 9.17) is 0 Å². The van der Waals surface area contributed by atoms with Gasteiger partial charge in [-0.05, 0) is 32.0 Å². The van der Waals surface area contributed by atoms with E-state index in [1.807, 2.05) is 7.05 Å². The van der Waals surface area contributed by atoms with Gasteiger partial charge in [-0.25, -0.2) is 12.8 Å². The Morgan fingerprint density at radius 1 is 1.45 bits per heavy atom. The van der Waals surface area contributed by atoms with Crippen LogP contribution in [0.5, 0.6) is 0 Å². The summed E-state index contributed by atoms with van der Waals surface area (Å²) in [5, 5.41) is 3.11. The van der Waals surface area contributed by atoms with Crippen LogP contribution in [0.25, 0.3) is 0 Å². The molecule has 1 N–H and O–H groups in total. The van der Waals surface area contributed by atoms with Crippen LogP contribution in [0.15, 0.2) is 21.5 Å². The number of piperidine rings is 1. The van der Waals surface area contributed by atoms with E-state index in [9.17, 15) is 17.6 Å². The van der Waals surface area contributed by atoms with E-state index in [2.05, 4.69) is 21.2 Å². The normalized spacial score (nSPS) is 19.3. The first-order valence-electron chi connectivity index (χ1n) is 6.89. The molecule has 0 bridgehead atoms. The third-order valence-electron chi connectivity index (χ3n) is 3.75. The van der Waals surface area contributed by atoms with Gasteiger partial charge in [0, 0.05) is 29.9 Å². The van der Waals surface area contributed by atoms with Crippen molar-refractivity contribution in [1.29, 1.82) is 0 Å². The molecule has 0 saturated carbocycles. The summed E-state index contributed by atoms with van der Waals surface area (Å²) in [5.41, 5.74) is -0.216. The summed E-state index contributed by atoms with van der Waals surface area (Å²) in [5.74, 6) is -1.47. The molecule has 0 aromatic heterocycles. The standard InChI is InChI=1S/C14H18BrFN2O3S/c1-17-10-4-3-5-18(8-10)14(19)11-6-9(15)7-12(13(11)16)22(2,20)21/h6-7,10,17H,3-5,8H2,1-2H3. The van der Waals surface area contributed by atoms with E-state index in [0.29, 0.717) is 17.6 Å². The predicted molar refractivity (Wildman–Crippen MR) is 85.2 cm³/mol. The second kappa shape index (κ2) is 6.64. The maximum absolute atomic E-state index is 14.5. The van der Waals surface area contributed by atoms with Gasteiger partial charge in [-0.1, -0.05) is 15.9 Å². The number of nitrogens with one attached hydrogen (secondary N) is 1. The molecule has 1 aliphatic rings. The zero-order chi connectivity index (χ0) is 16.5. The molecule has 1 aromatic rings. The van der Waals surface area contributed by atoms with Crippen molar-refractivity contribution < 1.29 is 17.6 Å². The first-order chi connectivity index (χ1) is 10.2. The highest BCUT2D eigenvalue weighted by molar-refractivity contribution is 9.10. The van der Waals surface area contributed by atoms with Gasteiger partial charge >= 0.3 is 0 Å². The van der Waals surface area contributed by atoms with Crippen LogP contribution in [0.4, 0.5) is 4.39 Å². The zero-order valence-electron chi connectivity index (χ0n) is 12.4. The molecule has 0 spiro atoms. The molecule has 8 heteroatoms. The van der Waals surface area contributed by atoms with Gasteiger partial charge in [0.15, 0.2) is 15.7 Å². The van der Waals surface area contributed by atoms with E-state index in [1.54, 1.807) is 4.90 Å². The van der Waals surface area contributed by atoms with E-state index < -0.39 is 26.5 Å². The highest BCUT2D eigenvalue weighted by Gasteiger charge is 2.28. The third-order valence-corrected chi connectivity index (χ3v) is 5.30. The number of carbonyl (C=O) groups excluding carboxylic acids is 1. The minimum Gasteiger partial charge on any atom is -0.337 e. The highest BCUT2D eigenvalue weighted by Crippen LogP contribution is 2.26. The fourth-order valence-electron chi connectivity index (χ4n) is 2.56. The number of rotatable bonds is 3. The lowest BCUT2D eigenvalue weighted by Crippen LogP contribution is -2.47. The molecule has 5 nitrogen and oxygen atoms in total. The van der Waals surface area contributed by atoms with Crippen molar-refractivity contribution in [3.8, 4) is 0 Å². The summed E-state index contributed by atoms with van der Waals surface area (Å²) in [6.07, 6.45) is 2.70. The van der Waals surface area contributed by atoms with Gasteiger partial charge in [-0.3, -0.25) is 4.79 Å². The summed E-state index contributed by atoms with van der Waals surface area (Å²) in [7, 11) is -1.93. The molecule has 1 saturated heterocycles. The summed E-state index contributed by atoms with van der Waals surface area (Å²) >= 11 is 3.14. The largest absolute Gasteiger partial charge is 0.337 e. The second-order valence-electron chi connectivity index (χ2n) is 5.42. The Labute approximate surface area is 137 Å². The molecular formula is C14H18BrFN2O3S. The van der Waals surface area contributed by atoms with E-state index in [0.717, 1.165) is 19.1 Å². The number of amides is 1. The molecule has 22 heavy (non-hydrogen) atoms. The number of carbonyl (C=O) groups is 1. The van der Waals surface area contributed by atoms with Gasteiger partial charge in [0.2, 0.25) is 0 Å². The summed E-state index contributed by atoms with van der Waals surface area (Å²) in [4.78, 5) is 13.6. The van der Waals surface area contributed by atoms with Crippen LogP contribution in [0, 0.1) is 5.82 Å². The van der Waals surface area contributed by atoms with Crippen LogP contribution in [-0.2, 0) is 9.84 Å². The molecule has 1 aliphatic heterocycles. The number of likely N-dealkylation sites (N-methyl/N-ethyl adjacent to an activating group) is 1. The lowest BCUT2D eigenvalue weighted by molar-refractivity contribution is 0.0692. The highest BCUT2D eigenvalue weighted by atomic mass is 79.9. The van der Waals surface area contributed by atoms with Crippen molar-refractivity contribution >= 4 is 31.7 Å². The van der Waals surface area contributed by atoms with Crippen molar-refractivity contribution in [3.05, 3.63) is 28.0 Å². The topological polar surface area (TPSA) is 66.5 Å². The molecule has 1 aromatic carbocycles. The summed E-state index contributed by atoms with van der Waals surface area (Å²) < 4.78 is 38.2. The Morgan fingerprint density at radius 3 is 2.73 bits per heavy atom. The van der Waals surface area contributed by atoms with Crippen LogP contribution in [0.2, 0.25) is 0 Å². The molecule has 0 aliphatic carbocycles. The number of nitrogens with zero attached hydrogens (tertiary/aromatic N) is 1.